The number of rotatable bonds is 2. The van der Waals surface area contributed by atoms with Crippen LogP contribution in [0.4, 0.5) is 0 Å². The topological polar surface area (TPSA) is 77.0 Å². The van der Waals surface area contributed by atoms with Crippen molar-refractivity contribution in [3.05, 3.63) is 12.4 Å². The van der Waals surface area contributed by atoms with Crippen molar-refractivity contribution in [2.24, 2.45) is 5.10 Å². The minimum Gasteiger partial charge on any atom is -0.185 e. The van der Waals surface area contributed by atoms with Crippen LogP contribution < -0.4 is 5.12 Å². The molecule has 1 aliphatic heterocycles. The molecule has 2 aromatic heterocycles. The lowest BCUT2D eigenvalue weighted by Crippen LogP contribution is -2.26. The Labute approximate surface area is 110 Å². The smallest absolute Gasteiger partial charge is 0.185 e. The Morgan fingerprint density at radius 2 is 2.11 bits per heavy atom. The molecule has 0 unspecified atom stereocenters. The Bertz CT molecular complexity index is 602. The van der Waals surface area contributed by atoms with E-state index in [1.807, 2.05) is 33.2 Å². The molecule has 2 aromatic rings. The Kier molecular flexibility index (Phi) is 2.58. The van der Waals surface area contributed by atoms with Gasteiger partial charge in [0, 0.05) is 12.6 Å². The second-order valence-electron chi connectivity index (χ2n) is 5.41. The first kappa shape index (κ1) is 11.8. The van der Waals surface area contributed by atoms with E-state index in [4.69, 9.17) is 0 Å². The van der Waals surface area contributed by atoms with Crippen molar-refractivity contribution in [3.8, 4) is 11.4 Å². The molecule has 0 aromatic carbocycles. The van der Waals surface area contributed by atoms with Crippen LogP contribution in [-0.2, 0) is 5.54 Å². The van der Waals surface area contributed by atoms with E-state index in [1.165, 1.54) is 0 Å². The standard InChI is InChI=1S/C11H16N8/c1-11(2,3)19-15-10(14-16-19)9-7-13-18(8-9)17-6-4-5-12-17/h5,7-8H,4,6H2,1-3H3. The number of tetrazole rings is 1. The molecule has 0 saturated carbocycles. The normalized spacial score (nSPS) is 15.4. The second kappa shape index (κ2) is 4.15. The monoisotopic (exact) mass is 260 g/mol. The number of nitrogens with zero attached hydrogens (tertiary/aromatic N) is 8. The number of hydrazone groups is 1. The van der Waals surface area contributed by atoms with Crippen molar-refractivity contribution in [2.45, 2.75) is 32.7 Å². The third kappa shape index (κ3) is 2.20. The minimum absolute atomic E-state index is 0.180. The first-order chi connectivity index (χ1) is 9.04. The van der Waals surface area contributed by atoms with E-state index >= 15 is 0 Å². The lowest BCUT2D eigenvalue weighted by Gasteiger charge is -2.15. The van der Waals surface area contributed by atoms with Crippen molar-refractivity contribution in [1.29, 1.82) is 0 Å². The highest BCUT2D eigenvalue weighted by Crippen LogP contribution is 2.16. The van der Waals surface area contributed by atoms with Crippen LogP contribution in [0.15, 0.2) is 17.5 Å². The second-order valence-corrected chi connectivity index (χ2v) is 5.41. The quantitative estimate of drug-likeness (QED) is 0.791. The van der Waals surface area contributed by atoms with Gasteiger partial charge in [0.25, 0.3) is 0 Å². The van der Waals surface area contributed by atoms with Crippen LogP contribution in [0, 0.1) is 0 Å². The highest BCUT2D eigenvalue weighted by molar-refractivity contribution is 5.61. The summed E-state index contributed by atoms with van der Waals surface area (Å²) in [4.78, 5) is 3.30. The molecule has 0 aliphatic carbocycles. The molecule has 0 fully saturated rings. The van der Waals surface area contributed by atoms with E-state index < -0.39 is 0 Å². The molecule has 0 atom stereocenters. The molecule has 0 spiro atoms. The summed E-state index contributed by atoms with van der Waals surface area (Å²) in [6.07, 6.45) is 6.38. The molecule has 1 aliphatic rings. The summed E-state index contributed by atoms with van der Waals surface area (Å²) in [5, 5.41) is 22.8. The van der Waals surface area contributed by atoms with Gasteiger partial charge in [0.05, 0.1) is 30.0 Å². The van der Waals surface area contributed by atoms with E-state index in [0.29, 0.717) is 5.82 Å². The summed E-state index contributed by atoms with van der Waals surface area (Å²) < 4.78 is 0. The largest absolute Gasteiger partial charge is 0.208 e. The van der Waals surface area contributed by atoms with Crippen molar-refractivity contribution in [1.82, 2.24) is 30.1 Å². The Balaban J connectivity index is 1.86. The first-order valence-corrected chi connectivity index (χ1v) is 6.20. The van der Waals surface area contributed by atoms with Gasteiger partial charge in [-0.05, 0) is 26.0 Å². The molecule has 100 valence electrons. The maximum absolute atomic E-state index is 4.38. The van der Waals surface area contributed by atoms with Crippen molar-refractivity contribution in [3.63, 3.8) is 0 Å². The molecule has 0 bridgehead atoms. The third-order valence-corrected chi connectivity index (χ3v) is 2.75. The zero-order valence-electron chi connectivity index (χ0n) is 11.2. The average Bonchev–Trinajstić information content (AvgIpc) is 3.10. The van der Waals surface area contributed by atoms with Gasteiger partial charge < -0.3 is 0 Å². The summed E-state index contributed by atoms with van der Waals surface area (Å²) in [7, 11) is 0. The fourth-order valence-corrected chi connectivity index (χ4v) is 1.71. The maximum atomic E-state index is 4.38. The van der Waals surface area contributed by atoms with Gasteiger partial charge in [-0.2, -0.15) is 24.9 Å². The molecule has 8 heteroatoms. The SMILES string of the molecule is CC(C)(C)n1nnc(-c2cnn(N3CCC=N3)c2)n1. The number of aromatic nitrogens is 6. The van der Waals surface area contributed by atoms with E-state index in [1.54, 1.807) is 20.9 Å². The van der Waals surface area contributed by atoms with Gasteiger partial charge >= 0.3 is 0 Å². The van der Waals surface area contributed by atoms with Crippen molar-refractivity contribution < 1.29 is 0 Å². The Morgan fingerprint density at radius 1 is 1.26 bits per heavy atom. The van der Waals surface area contributed by atoms with E-state index in [0.717, 1.165) is 18.5 Å². The Hall–Kier alpha value is -2.25. The van der Waals surface area contributed by atoms with Gasteiger partial charge in [-0.3, -0.25) is 0 Å². The summed E-state index contributed by atoms with van der Waals surface area (Å²) in [5.74, 6) is 0.573. The predicted molar refractivity (Wildman–Crippen MR) is 70.2 cm³/mol. The zero-order valence-corrected chi connectivity index (χ0v) is 11.2. The number of hydrogen-bond donors (Lipinski definition) is 0. The van der Waals surface area contributed by atoms with E-state index in [9.17, 15) is 0 Å². The Morgan fingerprint density at radius 3 is 2.74 bits per heavy atom. The highest BCUT2D eigenvalue weighted by Gasteiger charge is 2.19. The van der Waals surface area contributed by atoms with Crippen LogP contribution in [-0.4, -0.2) is 42.9 Å². The van der Waals surface area contributed by atoms with Crippen molar-refractivity contribution in [2.75, 3.05) is 11.7 Å². The van der Waals surface area contributed by atoms with Gasteiger partial charge in [0.15, 0.2) is 0 Å². The average molecular weight is 260 g/mol. The van der Waals surface area contributed by atoms with Crippen molar-refractivity contribution >= 4 is 6.21 Å². The highest BCUT2D eigenvalue weighted by atomic mass is 15.8. The summed E-state index contributed by atoms with van der Waals surface area (Å²) >= 11 is 0. The molecule has 0 amide bonds. The molecule has 0 N–H and O–H groups in total. The first-order valence-electron chi connectivity index (χ1n) is 6.20. The fourth-order valence-electron chi connectivity index (χ4n) is 1.71. The maximum Gasteiger partial charge on any atom is 0.208 e. The summed E-state index contributed by atoms with van der Waals surface area (Å²) in [6, 6.07) is 0. The van der Waals surface area contributed by atoms with Gasteiger partial charge in [-0.1, -0.05) is 0 Å². The molecule has 0 saturated heterocycles. The van der Waals surface area contributed by atoms with E-state index in [2.05, 4.69) is 25.6 Å². The van der Waals surface area contributed by atoms with Gasteiger partial charge in [-0.15, -0.1) is 10.2 Å². The summed E-state index contributed by atoms with van der Waals surface area (Å²) in [6.45, 7) is 6.92. The molecular formula is C11H16N8. The van der Waals surface area contributed by atoms with Gasteiger partial charge in [-0.25, -0.2) is 0 Å². The predicted octanol–water partition coefficient (Wildman–Crippen LogP) is 0.619. The van der Waals surface area contributed by atoms with Crippen LogP contribution >= 0.6 is 0 Å². The lowest BCUT2D eigenvalue weighted by atomic mass is 10.1. The minimum atomic E-state index is -0.180. The summed E-state index contributed by atoms with van der Waals surface area (Å²) in [5.41, 5.74) is 0.651. The molecule has 8 nitrogen and oxygen atoms in total. The van der Waals surface area contributed by atoms with Gasteiger partial charge in [0.2, 0.25) is 5.82 Å². The zero-order chi connectivity index (χ0) is 13.5. The lowest BCUT2D eigenvalue weighted by molar-refractivity contribution is 0.306. The van der Waals surface area contributed by atoms with Crippen LogP contribution in [0.2, 0.25) is 0 Å². The molecule has 3 heterocycles. The third-order valence-electron chi connectivity index (χ3n) is 2.75. The fraction of sp³-hybridized carbons (Fsp3) is 0.545. The molecule has 19 heavy (non-hydrogen) atoms. The van der Waals surface area contributed by atoms with Crippen LogP contribution in [0.3, 0.4) is 0 Å². The molecule has 3 rings (SSSR count). The van der Waals surface area contributed by atoms with Gasteiger partial charge in [0.1, 0.15) is 0 Å². The molecule has 0 radical (unpaired) electrons. The van der Waals surface area contributed by atoms with E-state index in [-0.39, 0.29) is 5.54 Å². The van der Waals surface area contributed by atoms with Crippen LogP contribution in [0.5, 0.6) is 0 Å². The number of hydrogen-bond acceptors (Lipinski definition) is 6. The van der Waals surface area contributed by atoms with Crippen LogP contribution in [0.1, 0.15) is 27.2 Å². The molecular weight excluding hydrogens is 244 g/mol. The van der Waals surface area contributed by atoms with Crippen LogP contribution in [0.25, 0.3) is 11.4 Å².